The molecule has 2 rings (SSSR count). The number of aliphatic hydroxyl groups excluding tert-OH is 1. The molecule has 100 valence electrons. The third-order valence-corrected chi connectivity index (χ3v) is 2.82. The molecule has 0 saturated heterocycles. The van der Waals surface area contributed by atoms with E-state index in [-0.39, 0.29) is 24.9 Å². The molecule has 7 heteroatoms. The lowest BCUT2D eigenvalue weighted by atomic mass is 10.1. The summed E-state index contributed by atoms with van der Waals surface area (Å²) >= 11 is 3.15. The van der Waals surface area contributed by atoms with Crippen LogP contribution in [0, 0.1) is 5.82 Å². The molecule has 3 N–H and O–H groups in total. The number of nitrogens with two attached hydrogens (primary N) is 1. The Bertz CT molecular complexity index is 595. The number of aromatic nitrogens is 2. The molecule has 1 heterocycles. The second-order valence-electron chi connectivity index (χ2n) is 3.74. The van der Waals surface area contributed by atoms with E-state index in [1.54, 1.807) is 0 Å². The molecule has 5 nitrogen and oxygen atoms in total. The Kier molecular flexibility index (Phi) is 4.28. The summed E-state index contributed by atoms with van der Waals surface area (Å²) in [7, 11) is 0. The molecule has 19 heavy (non-hydrogen) atoms. The zero-order valence-electron chi connectivity index (χ0n) is 9.81. The van der Waals surface area contributed by atoms with Crippen molar-refractivity contribution in [3.63, 3.8) is 0 Å². The van der Waals surface area contributed by atoms with E-state index in [2.05, 4.69) is 25.9 Å². The van der Waals surface area contributed by atoms with Crippen LogP contribution in [-0.4, -0.2) is 15.1 Å². The van der Waals surface area contributed by atoms with Gasteiger partial charge >= 0.3 is 0 Å². The standard InChI is InChI=1S/C12H11BrFN3O2/c13-10-4-16-11(15)12(17-10)19-6-8-3-9(14)2-1-7(8)5-18/h1-4,18H,5-6H2,(H2,15,16). The van der Waals surface area contributed by atoms with Crippen LogP contribution < -0.4 is 10.5 Å². The first-order valence-corrected chi connectivity index (χ1v) is 6.18. The van der Waals surface area contributed by atoms with Gasteiger partial charge in [-0.3, -0.25) is 0 Å². The van der Waals surface area contributed by atoms with Crippen LogP contribution in [0.2, 0.25) is 0 Å². The second kappa shape index (κ2) is 5.94. The van der Waals surface area contributed by atoms with E-state index in [1.165, 1.54) is 24.4 Å². The number of rotatable bonds is 4. The smallest absolute Gasteiger partial charge is 0.258 e. The van der Waals surface area contributed by atoms with Crippen molar-refractivity contribution < 1.29 is 14.2 Å². The zero-order valence-corrected chi connectivity index (χ0v) is 11.4. The first-order valence-electron chi connectivity index (χ1n) is 5.39. The summed E-state index contributed by atoms with van der Waals surface area (Å²) in [5.41, 5.74) is 6.73. The average molecular weight is 328 g/mol. The summed E-state index contributed by atoms with van der Waals surface area (Å²) in [6, 6.07) is 4.08. The van der Waals surface area contributed by atoms with E-state index in [0.717, 1.165) is 0 Å². The fourth-order valence-electron chi connectivity index (χ4n) is 1.50. The normalized spacial score (nSPS) is 10.5. The van der Waals surface area contributed by atoms with Crippen molar-refractivity contribution in [3.8, 4) is 5.88 Å². The minimum absolute atomic E-state index is 0.0446. The summed E-state index contributed by atoms with van der Waals surface area (Å²) < 4.78 is 19.0. The molecule has 0 bridgehead atoms. The largest absolute Gasteiger partial charge is 0.470 e. The highest BCUT2D eigenvalue weighted by molar-refractivity contribution is 9.10. The van der Waals surface area contributed by atoms with Crippen LogP contribution in [0.4, 0.5) is 10.2 Å². The Balaban J connectivity index is 2.18. The third kappa shape index (κ3) is 3.39. The lowest BCUT2D eigenvalue weighted by Crippen LogP contribution is -2.05. The molecule has 0 aliphatic carbocycles. The van der Waals surface area contributed by atoms with Crippen LogP contribution >= 0.6 is 15.9 Å². The number of hydrogen-bond donors (Lipinski definition) is 2. The Morgan fingerprint density at radius 2 is 2.16 bits per heavy atom. The molecule has 0 saturated carbocycles. The highest BCUT2D eigenvalue weighted by atomic mass is 79.9. The Labute approximate surface area is 117 Å². The highest BCUT2D eigenvalue weighted by Crippen LogP contribution is 2.20. The van der Waals surface area contributed by atoms with Crippen LogP contribution in [0.5, 0.6) is 5.88 Å². The molecule has 0 atom stereocenters. The van der Waals surface area contributed by atoms with Crippen molar-refractivity contribution in [1.82, 2.24) is 9.97 Å². The van der Waals surface area contributed by atoms with Gasteiger partial charge in [0, 0.05) is 0 Å². The maximum Gasteiger partial charge on any atom is 0.258 e. The van der Waals surface area contributed by atoms with Gasteiger partial charge in [0.1, 0.15) is 17.0 Å². The Morgan fingerprint density at radius 3 is 2.89 bits per heavy atom. The fraction of sp³-hybridized carbons (Fsp3) is 0.167. The maximum absolute atomic E-state index is 13.2. The summed E-state index contributed by atoms with van der Waals surface area (Å²) in [6.07, 6.45) is 1.45. The molecule has 0 spiro atoms. The molecule has 2 aromatic rings. The van der Waals surface area contributed by atoms with Crippen LogP contribution in [0.25, 0.3) is 0 Å². The van der Waals surface area contributed by atoms with Gasteiger partial charge in [-0.05, 0) is 39.2 Å². The Hall–Kier alpha value is -1.73. The monoisotopic (exact) mass is 327 g/mol. The summed E-state index contributed by atoms with van der Waals surface area (Å²) in [4.78, 5) is 7.89. The van der Waals surface area contributed by atoms with Gasteiger partial charge in [0.05, 0.1) is 12.8 Å². The maximum atomic E-state index is 13.2. The van der Waals surface area contributed by atoms with Crippen LogP contribution in [0.15, 0.2) is 29.0 Å². The topological polar surface area (TPSA) is 81.3 Å². The highest BCUT2D eigenvalue weighted by Gasteiger charge is 2.08. The van der Waals surface area contributed by atoms with Crippen molar-refractivity contribution in [2.24, 2.45) is 0 Å². The summed E-state index contributed by atoms with van der Waals surface area (Å²) in [5.74, 6) is -0.100. The van der Waals surface area contributed by atoms with Gasteiger partial charge in [-0.15, -0.1) is 0 Å². The third-order valence-electron chi connectivity index (χ3n) is 2.44. The van der Waals surface area contributed by atoms with E-state index in [0.29, 0.717) is 15.7 Å². The van der Waals surface area contributed by atoms with Gasteiger partial charge < -0.3 is 15.6 Å². The predicted octanol–water partition coefficient (Wildman–Crippen LogP) is 2.03. The number of ether oxygens (including phenoxy) is 1. The number of aliphatic hydroxyl groups is 1. The van der Waals surface area contributed by atoms with Gasteiger partial charge in [-0.2, -0.15) is 0 Å². The van der Waals surface area contributed by atoms with E-state index < -0.39 is 5.82 Å². The number of hydrogen-bond acceptors (Lipinski definition) is 5. The van der Waals surface area contributed by atoms with Crippen LogP contribution in [0.3, 0.4) is 0 Å². The molecular formula is C12H11BrFN3O2. The molecular weight excluding hydrogens is 317 g/mol. The minimum atomic E-state index is -0.399. The SMILES string of the molecule is Nc1ncc(Br)nc1OCc1cc(F)ccc1CO. The molecule has 0 aliphatic heterocycles. The number of anilines is 1. The quantitative estimate of drug-likeness (QED) is 0.898. The van der Waals surface area contributed by atoms with Crippen molar-refractivity contribution in [3.05, 3.63) is 45.9 Å². The van der Waals surface area contributed by atoms with E-state index in [4.69, 9.17) is 15.6 Å². The van der Waals surface area contributed by atoms with Crippen molar-refractivity contribution in [2.75, 3.05) is 5.73 Å². The van der Waals surface area contributed by atoms with E-state index in [1.807, 2.05) is 0 Å². The van der Waals surface area contributed by atoms with E-state index >= 15 is 0 Å². The predicted molar refractivity (Wildman–Crippen MR) is 70.8 cm³/mol. The summed E-state index contributed by atoms with van der Waals surface area (Å²) in [6.45, 7) is -0.151. The van der Waals surface area contributed by atoms with Gasteiger partial charge in [-0.25, -0.2) is 14.4 Å². The van der Waals surface area contributed by atoms with Gasteiger partial charge in [0.15, 0.2) is 5.82 Å². The molecule has 1 aromatic carbocycles. The van der Waals surface area contributed by atoms with Gasteiger partial charge in [0.25, 0.3) is 5.88 Å². The summed E-state index contributed by atoms with van der Waals surface area (Å²) in [5, 5.41) is 9.17. The zero-order chi connectivity index (χ0) is 13.8. The lowest BCUT2D eigenvalue weighted by Gasteiger charge is -2.10. The van der Waals surface area contributed by atoms with Crippen molar-refractivity contribution >= 4 is 21.7 Å². The minimum Gasteiger partial charge on any atom is -0.470 e. The second-order valence-corrected chi connectivity index (χ2v) is 4.56. The number of benzene rings is 1. The molecule has 1 aromatic heterocycles. The lowest BCUT2D eigenvalue weighted by molar-refractivity contribution is 0.265. The number of nitrogens with zero attached hydrogens (tertiary/aromatic N) is 2. The van der Waals surface area contributed by atoms with Crippen LogP contribution in [-0.2, 0) is 13.2 Å². The van der Waals surface area contributed by atoms with Gasteiger partial charge in [0.2, 0.25) is 0 Å². The molecule has 0 amide bonds. The molecule has 0 unspecified atom stereocenters. The van der Waals surface area contributed by atoms with E-state index in [9.17, 15) is 4.39 Å². The number of halogens is 2. The van der Waals surface area contributed by atoms with Crippen molar-refractivity contribution in [2.45, 2.75) is 13.2 Å². The average Bonchev–Trinajstić information content (AvgIpc) is 2.40. The molecule has 0 aliphatic rings. The molecule has 0 radical (unpaired) electrons. The number of nitrogen functional groups attached to an aromatic ring is 1. The molecule has 0 fully saturated rings. The van der Waals surface area contributed by atoms with Crippen molar-refractivity contribution in [1.29, 1.82) is 0 Å². The van der Waals surface area contributed by atoms with Crippen LogP contribution in [0.1, 0.15) is 11.1 Å². The fourth-order valence-corrected chi connectivity index (χ4v) is 1.76. The Morgan fingerprint density at radius 1 is 1.37 bits per heavy atom. The van der Waals surface area contributed by atoms with Gasteiger partial charge in [-0.1, -0.05) is 6.07 Å². The first-order chi connectivity index (χ1) is 9.10. The first kappa shape index (κ1) is 13.7.